The molecule has 0 radical (unpaired) electrons. The number of hydrogen-bond donors (Lipinski definition) is 0. The van der Waals surface area contributed by atoms with Gasteiger partial charge >= 0.3 is 0 Å². The molecule has 0 aliphatic heterocycles. The monoisotopic (exact) mass is 143 g/mol. The number of nitrogens with zero attached hydrogens (tertiary/aromatic N) is 1. The van der Waals surface area contributed by atoms with Crippen LogP contribution in [0.1, 0.15) is 39.5 Å². The molecular weight excluding hydrogens is 126 g/mol. The highest BCUT2D eigenvalue weighted by Gasteiger charge is 1.83. The molecule has 0 saturated carbocycles. The maximum Gasteiger partial charge on any atom is 0.117 e. The van der Waals surface area contributed by atoms with E-state index in [0.717, 1.165) is 19.4 Å². The molecule has 0 bridgehead atoms. The zero-order valence-electron chi connectivity index (χ0n) is 6.97. The maximum absolute atomic E-state index is 4.95. The van der Waals surface area contributed by atoms with Crippen molar-refractivity contribution in [3.05, 3.63) is 0 Å². The summed E-state index contributed by atoms with van der Waals surface area (Å²) in [5, 5.41) is 3.74. The zero-order valence-corrected chi connectivity index (χ0v) is 6.97. The molecule has 60 valence electrons. The third kappa shape index (κ3) is 7.47. The van der Waals surface area contributed by atoms with E-state index in [0.29, 0.717) is 0 Å². The van der Waals surface area contributed by atoms with E-state index >= 15 is 0 Å². The van der Waals surface area contributed by atoms with Crippen LogP contribution in [0, 0.1) is 0 Å². The van der Waals surface area contributed by atoms with Crippen LogP contribution in [-0.4, -0.2) is 12.8 Å². The van der Waals surface area contributed by atoms with E-state index in [9.17, 15) is 0 Å². The van der Waals surface area contributed by atoms with Gasteiger partial charge in [-0.15, -0.1) is 0 Å². The summed E-state index contributed by atoms with van der Waals surface area (Å²) in [7, 11) is 0. The van der Waals surface area contributed by atoms with E-state index in [4.69, 9.17) is 4.84 Å². The predicted octanol–water partition coefficient (Wildman–Crippen LogP) is 2.59. The molecular formula is C8H17NO. The highest BCUT2D eigenvalue weighted by atomic mass is 16.6. The summed E-state index contributed by atoms with van der Waals surface area (Å²) < 4.78 is 0. The summed E-state index contributed by atoms with van der Waals surface area (Å²) in [4.78, 5) is 4.95. The van der Waals surface area contributed by atoms with Crippen molar-refractivity contribution in [3.8, 4) is 0 Å². The standard InChI is InChI=1S/C8H17NO/c1-3-5-6-8-10-9-7-4-2/h7H,3-6,8H2,1-2H3. The van der Waals surface area contributed by atoms with Gasteiger partial charge in [-0.25, -0.2) is 0 Å². The Morgan fingerprint density at radius 2 is 2.10 bits per heavy atom. The van der Waals surface area contributed by atoms with Gasteiger partial charge in [0.15, 0.2) is 0 Å². The Hall–Kier alpha value is -0.530. The first kappa shape index (κ1) is 9.47. The third-order valence-electron chi connectivity index (χ3n) is 1.17. The van der Waals surface area contributed by atoms with Crippen LogP contribution in [0.2, 0.25) is 0 Å². The van der Waals surface area contributed by atoms with Gasteiger partial charge in [0, 0.05) is 6.21 Å². The van der Waals surface area contributed by atoms with E-state index in [1.54, 1.807) is 6.21 Å². The zero-order chi connectivity index (χ0) is 7.66. The van der Waals surface area contributed by atoms with E-state index in [-0.39, 0.29) is 0 Å². The van der Waals surface area contributed by atoms with Crippen molar-refractivity contribution < 1.29 is 4.84 Å². The van der Waals surface area contributed by atoms with Gasteiger partial charge in [-0.1, -0.05) is 31.8 Å². The van der Waals surface area contributed by atoms with Crippen LogP contribution in [0.5, 0.6) is 0 Å². The van der Waals surface area contributed by atoms with Crippen LogP contribution in [0.25, 0.3) is 0 Å². The Morgan fingerprint density at radius 3 is 2.70 bits per heavy atom. The normalized spacial score (nSPS) is 10.6. The van der Waals surface area contributed by atoms with Crippen molar-refractivity contribution in [1.29, 1.82) is 0 Å². The fourth-order valence-electron chi connectivity index (χ4n) is 0.597. The van der Waals surface area contributed by atoms with Crippen molar-refractivity contribution in [2.45, 2.75) is 39.5 Å². The average molecular weight is 143 g/mol. The molecule has 10 heavy (non-hydrogen) atoms. The number of oxime groups is 1. The van der Waals surface area contributed by atoms with Gasteiger partial charge < -0.3 is 4.84 Å². The topological polar surface area (TPSA) is 21.6 Å². The lowest BCUT2D eigenvalue weighted by Gasteiger charge is -1.95. The van der Waals surface area contributed by atoms with Crippen LogP contribution >= 0.6 is 0 Å². The summed E-state index contributed by atoms with van der Waals surface area (Å²) in [5.41, 5.74) is 0. The molecule has 0 aromatic carbocycles. The molecule has 0 atom stereocenters. The lowest BCUT2D eigenvalue weighted by atomic mass is 10.3. The van der Waals surface area contributed by atoms with Crippen LogP contribution in [-0.2, 0) is 4.84 Å². The molecule has 0 aliphatic rings. The molecule has 2 heteroatoms. The Labute approximate surface area is 63.3 Å². The highest BCUT2D eigenvalue weighted by molar-refractivity contribution is 5.55. The average Bonchev–Trinajstić information content (AvgIpc) is 1.97. The molecule has 0 aromatic rings. The quantitative estimate of drug-likeness (QED) is 0.318. The van der Waals surface area contributed by atoms with Gasteiger partial charge in [-0.05, 0) is 12.8 Å². The SMILES string of the molecule is CCC=NOCCCCC. The fraction of sp³-hybridized carbons (Fsp3) is 0.875. The van der Waals surface area contributed by atoms with Crippen molar-refractivity contribution in [2.24, 2.45) is 5.16 Å². The second-order valence-electron chi connectivity index (χ2n) is 2.24. The van der Waals surface area contributed by atoms with Crippen LogP contribution < -0.4 is 0 Å². The van der Waals surface area contributed by atoms with E-state index in [1.165, 1.54) is 12.8 Å². The molecule has 0 unspecified atom stereocenters. The molecule has 0 fully saturated rings. The van der Waals surface area contributed by atoms with E-state index in [2.05, 4.69) is 12.1 Å². The van der Waals surface area contributed by atoms with E-state index < -0.39 is 0 Å². The summed E-state index contributed by atoms with van der Waals surface area (Å²) in [6.45, 7) is 4.98. The maximum atomic E-state index is 4.95. The predicted molar refractivity (Wildman–Crippen MR) is 44.3 cm³/mol. The van der Waals surface area contributed by atoms with E-state index in [1.807, 2.05) is 6.92 Å². The second kappa shape index (κ2) is 8.47. The van der Waals surface area contributed by atoms with Gasteiger partial charge in [-0.3, -0.25) is 0 Å². The number of unbranched alkanes of at least 4 members (excludes halogenated alkanes) is 2. The minimum absolute atomic E-state index is 0.768. The van der Waals surface area contributed by atoms with Gasteiger partial charge in [0.2, 0.25) is 0 Å². The van der Waals surface area contributed by atoms with Gasteiger partial charge in [-0.2, -0.15) is 0 Å². The van der Waals surface area contributed by atoms with Gasteiger partial charge in [0.1, 0.15) is 6.61 Å². The molecule has 0 N–H and O–H groups in total. The summed E-state index contributed by atoms with van der Waals surface area (Å²) >= 11 is 0. The molecule has 0 heterocycles. The first-order chi connectivity index (χ1) is 4.91. The lowest BCUT2D eigenvalue weighted by Crippen LogP contribution is -1.87. The molecule has 2 nitrogen and oxygen atoms in total. The summed E-state index contributed by atoms with van der Waals surface area (Å²) in [6.07, 6.45) is 6.33. The number of rotatable bonds is 6. The molecule has 0 rings (SSSR count). The van der Waals surface area contributed by atoms with Gasteiger partial charge in [0.25, 0.3) is 0 Å². The number of hydrogen-bond acceptors (Lipinski definition) is 2. The minimum atomic E-state index is 0.768. The third-order valence-corrected chi connectivity index (χ3v) is 1.17. The smallest absolute Gasteiger partial charge is 0.117 e. The molecule has 0 aromatic heterocycles. The Bertz CT molecular complexity index is 81.3. The van der Waals surface area contributed by atoms with Crippen molar-refractivity contribution >= 4 is 6.21 Å². The first-order valence-corrected chi connectivity index (χ1v) is 4.05. The van der Waals surface area contributed by atoms with Crippen molar-refractivity contribution in [1.82, 2.24) is 0 Å². The van der Waals surface area contributed by atoms with Crippen LogP contribution in [0.15, 0.2) is 5.16 Å². The molecule has 0 saturated heterocycles. The minimum Gasteiger partial charge on any atom is -0.396 e. The Balaban J connectivity index is 2.83. The highest BCUT2D eigenvalue weighted by Crippen LogP contribution is 1.93. The van der Waals surface area contributed by atoms with Crippen LogP contribution in [0.4, 0.5) is 0 Å². The largest absolute Gasteiger partial charge is 0.396 e. The van der Waals surface area contributed by atoms with Crippen molar-refractivity contribution in [3.63, 3.8) is 0 Å². The lowest BCUT2D eigenvalue weighted by molar-refractivity contribution is 0.141. The van der Waals surface area contributed by atoms with Crippen LogP contribution in [0.3, 0.4) is 0 Å². The van der Waals surface area contributed by atoms with Crippen molar-refractivity contribution in [2.75, 3.05) is 6.61 Å². The first-order valence-electron chi connectivity index (χ1n) is 4.05. The Kier molecular flexibility index (Phi) is 8.02. The molecule has 0 spiro atoms. The second-order valence-corrected chi connectivity index (χ2v) is 2.24. The molecule has 0 amide bonds. The fourth-order valence-corrected chi connectivity index (χ4v) is 0.597. The summed E-state index contributed by atoms with van der Waals surface area (Å²) in [6, 6.07) is 0. The molecule has 0 aliphatic carbocycles. The van der Waals surface area contributed by atoms with Gasteiger partial charge in [0.05, 0.1) is 0 Å². The summed E-state index contributed by atoms with van der Waals surface area (Å²) in [5.74, 6) is 0. The Morgan fingerprint density at radius 1 is 1.30 bits per heavy atom.